The molecule has 162 valence electrons. The lowest BCUT2D eigenvalue weighted by molar-refractivity contribution is -0.385. The zero-order valence-electron chi connectivity index (χ0n) is 17.1. The van der Waals surface area contributed by atoms with Crippen molar-refractivity contribution in [1.82, 2.24) is 14.1 Å². The molecule has 0 radical (unpaired) electrons. The van der Waals surface area contributed by atoms with E-state index < -0.39 is 27.5 Å². The van der Waals surface area contributed by atoms with E-state index in [4.69, 9.17) is 4.74 Å². The lowest BCUT2D eigenvalue weighted by Gasteiger charge is -2.29. The highest BCUT2D eigenvalue weighted by Gasteiger charge is 2.34. The quantitative estimate of drug-likeness (QED) is 0.503. The van der Waals surface area contributed by atoms with Gasteiger partial charge >= 0.3 is 5.69 Å². The van der Waals surface area contributed by atoms with Crippen molar-refractivity contribution in [2.75, 3.05) is 19.7 Å². The van der Waals surface area contributed by atoms with E-state index in [0.717, 1.165) is 17.5 Å². The Hall–Kier alpha value is -2.79. The number of ether oxygens (including phenoxy) is 1. The van der Waals surface area contributed by atoms with Gasteiger partial charge in [-0.15, -0.1) is 0 Å². The number of sulfonamides is 1. The molecule has 0 unspecified atom stereocenters. The zero-order chi connectivity index (χ0) is 22.1. The van der Waals surface area contributed by atoms with Crippen molar-refractivity contribution in [2.24, 2.45) is 5.92 Å². The van der Waals surface area contributed by atoms with Gasteiger partial charge in [0, 0.05) is 19.2 Å². The molecule has 1 fully saturated rings. The molecule has 0 bridgehead atoms. The minimum atomic E-state index is -3.78. The van der Waals surface area contributed by atoms with E-state index in [2.05, 4.69) is 12.0 Å². The summed E-state index contributed by atoms with van der Waals surface area (Å²) in [6.45, 7) is 5.49. The molecule has 3 rings (SSSR count). The number of nitrogens with zero attached hydrogens (tertiary/aromatic N) is 4. The van der Waals surface area contributed by atoms with Gasteiger partial charge in [0.2, 0.25) is 10.0 Å². The third-order valence-corrected chi connectivity index (χ3v) is 7.37. The Morgan fingerprint density at radius 2 is 1.90 bits per heavy atom. The predicted octanol–water partition coefficient (Wildman–Crippen LogP) is 2.55. The molecule has 0 aliphatic carbocycles. The van der Waals surface area contributed by atoms with E-state index in [1.807, 2.05) is 0 Å². The standard InChI is InChI=1S/C19H24N4O6S/c1-13-8-10-21(11-9-13)30(27,28)19-14(2)20-22(15(19)3)18(24)12-29-17-7-5-4-6-16(17)23(25)26/h4-7,13H,8-12H2,1-3H3. The number of aromatic nitrogens is 2. The summed E-state index contributed by atoms with van der Waals surface area (Å²) in [5.74, 6) is -0.197. The molecule has 30 heavy (non-hydrogen) atoms. The van der Waals surface area contributed by atoms with Crippen molar-refractivity contribution in [1.29, 1.82) is 0 Å². The second-order valence-electron chi connectivity index (χ2n) is 7.41. The van der Waals surface area contributed by atoms with Gasteiger partial charge in [0.15, 0.2) is 12.4 Å². The maximum atomic E-state index is 13.1. The van der Waals surface area contributed by atoms with Crippen LogP contribution in [0.4, 0.5) is 5.69 Å². The number of piperidine rings is 1. The van der Waals surface area contributed by atoms with Crippen LogP contribution in [-0.2, 0) is 10.0 Å². The first-order valence-corrected chi connectivity index (χ1v) is 11.0. The van der Waals surface area contributed by atoms with Gasteiger partial charge in [-0.25, -0.2) is 13.1 Å². The molecule has 0 spiro atoms. The summed E-state index contributed by atoms with van der Waals surface area (Å²) in [5.41, 5.74) is 0.161. The van der Waals surface area contributed by atoms with Crippen molar-refractivity contribution in [3.63, 3.8) is 0 Å². The molecule has 1 aliphatic heterocycles. The Morgan fingerprint density at radius 1 is 1.27 bits per heavy atom. The van der Waals surface area contributed by atoms with Crippen molar-refractivity contribution < 1.29 is 22.9 Å². The SMILES string of the molecule is Cc1nn(C(=O)COc2ccccc2[N+](=O)[O-])c(C)c1S(=O)(=O)N1CCC(C)CC1. The number of nitro groups is 1. The van der Waals surface area contributed by atoms with Gasteiger partial charge in [-0.2, -0.15) is 9.40 Å². The Labute approximate surface area is 174 Å². The molecule has 0 amide bonds. The van der Waals surface area contributed by atoms with Crippen molar-refractivity contribution in [2.45, 2.75) is 38.5 Å². The molecule has 1 aromatic heterocycles. The van der Waals surface area contributed by atoms with Gasteiger partial charge < -0.3 is 4.74 Å². The Bertz CT molecular complexity index is 1070. The first kappa shape index (κ1) is 21.9. The first-order chi connectivity index (χ1) is 14.1. The summed E-state index contributed by atoms with van der Waals surface area (Å²) < 4.78 is 34.0. The molecule has 0 atom stereocenters. The van der Waals surface area contributed by atoms with Crippen LogP contribution in [0.5, 0.6) is 5.75 Å². The normalized spacial score (nSPS) is 15.8. The second kappa shape index (κ2) is 8.52. The zero-order valence-corrected chi connectivity index (χ0v) is 17.9. The summed E-state index contributed by atoms with van der Waals surface area (Å²) in [5, 5.41) is 15.2. The molecule has 1 aromatic carbocycles. The molecule has 1 saturated heterocycles. The number of carbonyl (C=O) groups is 1. The lowest BCUT2D eigenvalue weighted by atomic mass is 10.0. The Kier molecular flexibility index (Phi) is 6.22. The smallest absolute Gasteiger partial charge is 0.310 e. The van der Waals surface area contributed by atoms with E-state index in [0.29, 0.717) is 19.0 Å². The maximum Gasteiger partial charge on any atom is 0.310 e. The summed E-state index contributed by atoms with van der Waals surface area (Å²) in [6.07, 6.45) is 1.57. The number of hydrogen-bond donors (Lipinski definition) is 0. The van der Waals surface area contributed by atoms with E-state index in [9.17, 15) is 23.3 Å². The highest BCUT2D eigenvalue weighted by atomic mass is 32.2. The van der Waals surface area contributed by atoms with Gasteiger partial charge in [-0.1, -0.05) is 19.1 Å². The lowest BCUT2D eigenvalue weighted by Crippen LogP contribution is -2.38. The fourth-order valence-electron chi connectivity index (χ4n) is 3.53. The largest absolute Gasteiger partial charge is 0.477 e. The molecular weight excluding hydrogens is 412 g/mol. The molecular formula is C19H24N4O6S. The number of benzene rings is 1. The maximum absolute atomic E-state index is 13.1. The van der Waals surface area contributed by atoms with Crippen LogP contribution in [0.1, 0.15) is 35.9 Å². The van der Waals surface area contributed by atoms with Crippen LogP contribution < -0.4 is 4.74 Å². The first-order valence-electron chi connectivity index (χ1n) is 9.58. The Morgan fingerprint density at radius 3 is 2.53 bits per heavy atom. The average Bonchev–Trinajstić information content (AvgIpc) is 3.01. The summed E-state index contributed by atoms with van der Waals surface area (Å²) in [7, 11) is -3.78. The van der Waals surface area contributed by atoms with Crippen LogP contribution in [0, 0.1) is 29.9 Å². The Balaban J connectivity index is 1.82. The third-order valence-electron chi connectivity index (χ3n) is 5.21. The van der Waals surface area contributed by atoms with Gasteiger partial charge in [0.25, 0.3) is 5.91 Å². The number of aryl methyl sites for hydroxylation is 1. The molecule has 2 heterocycles. The molecule has 11 heteroatoms. The number of para-hydroxylation sites is 2. The van der Waals surface area contributed by atoms with Gasteiger partial charge in [0.05, 0.1) is 16.3 Å². The highest BCUT2D eigenvalue weighted by molar-refractivity contribution is 7.89. The van der Waals surface area contributed by atoms with Crippen LogP contribution in [0.2, 0.25) is 0 Å². The molecule has 0 saturated carbocycles. The van der Waals surface area contributed by atoms with E-state index in [1.165, 1.54) is 29.4 Å². The van der Waals surface area contributed by atoms with Crippen LogP contribution in [0.15, 0.2) is 29.2 Å². The van der Waals surface area contributed by atoms with Crippen LogP contribution in [0.25, 0.3) is 0 Å². The van der Waals surface area contributed by atoms with Gasteiger partial charge in [0.1, 0.15) is 4.90 Å². The molecule has 1 aliphatic rings. The summed E-state index contributed by atoms with van der Waals surface area (Å²) in [4.78, 5) is 23.1. The van der Waals surface area contributed by atoms with Gasteiger partial charge in [-0.05, 0) is 38.7 Å². The molecule has 10 nitrogen and oxygen atoms in total. The van der Waals surface area contributed by atoms with Crippen molar-refractivity contribution in [3.8, 4) is 5.75 Å². The predicted molar refractivity (Wildman–Crippen MR) is 108 cm³/mol. The fourth-order valence-corrected chi connectivity index (χ4v) is 5.35. The number of nitro benzene ring substituents is 1. The number of hydrogen-bond acceptors (Lipinski definition) is 7. The molecule has 0 N–H and O–H groups in total. The minimum Gasteiger partial charge on any atom is -0.477 e. The highest BCUT2D eigenvalue weighted by Crippen LogP contribution is 2.28. The average molecular weight is 436 g/mol. The van der Waals surface area contributed by atoms with Gasteiger partial charge in [-0.3, -0.25) is 14.9 Å². The number of carbonyl (C=O) groups excluding carboxylic acids is 1. The van der Waals surface area contributed by atoms with Crippen LogP contribution in [0.3, 0.4) is 0 Å². The minimum absolute atomic E-state index is 0.0242. The van der Waals surface area contributed by atoms with E-state index in [1.54, 1.807) is 13.0 Å². The monoisotopic (exact) mass is 436 g/mol. The summed E-state index contributed by atoms with van der Waals surface area (Å²) >= 11 is 0. The second-order valence-corrected chi connectivity index (χ2v) is 9.28. The van der Waals surface area contributed by atoms with Crippen LogP contribution >= 0.6 is 0 Å². The third kappa shape index (κ3) is 4.21. The summed E-state index contributed by atoms with van der Waals surface area (Å²) in [6, 6.07) is 5.71. The molecule has 2 aromatic rings. The fraction of sp³-hybridized carbons (Fsp3) is 0.474. The van der Waals surface area contributed by atoms with E-state index in [-0.39, 0.29) is 27.7 Å². The van der Waals surface area contributed by atoms with Crippen LogP contribution in [-0.4, -0.2) is 53.0 Å². The topological polar surface area (TPSA) is 125 Å². The van der Waals surface area contributed by atoms with E-state index >= 15 is 0 Å². The van der Waals surface area contributed by atoms with Crippen molar-refractivity contribution >= 4 is 21.6 Å². The number of rotatable bonds is 6. The van der Waals surface area contributed by atoms with Crippen molar-refractivity contribution in [3.05, 3.63) is 45.8 Å².